The number of carboxylic acid groups (broad SMARTS) is 1. The minimum absolute atomic E-state index is 0.139. The molecule has 1 aromatic carbocycles. The highest BCUT2D eigenvalue weighted by molar-refractivity contribution is 7.13. The first kappa shape index (κ1) is 19.0. The molecule has 0 bridgehead atoms. The van der Waals surface area contributed by atoms with Gasteiger partial charge in [-0.15, -0.1) is 11.3 Å². The second kappa shape index (κ2) is 7.70. The molecule has 25 heavy (non-hydrogen) atoms. The summed E-state index contributed by atoms with van der Waals surface area (Å²) in [5.74, 6) is -1.69. The Morgan fingerprint density at radius 3 is 2.68 bits per heavy atom. The number of carbonyl (C=O) groups excluding carboxylic acids is 1. The number of amides is 1. The van der Waals surface area contributed by atoms with Gasteiger partial charge in [0.15, 0.2) is 5.13 Å². The van der Waals surface area contributed by atoms with E-state index in [0.717, 1.165) is 23.5 Å². The van der Waals surface area contributed by atoms with E-state index in [1.807, 2.05) is 0 Å². The van der Waals surface area contributed by atoms with Crippen molar-refractivity contribution in [2.75, 3.05) is 11.9 Å². The van der Waals surface area contributed by atoms with Gasteiger partial charge in [0.05, 0.1) is 22.7 Å². The summed E-state index contributed by atoms with van der Waals surface area (Å²) in [6.07, 6.45) is -4.72. The zero-order chi connectivity index (χ0) is 18.6. The van der Waals surface area contributed by atoms with Gasteiger partial charge in [-0.1, -0.05) is 11.6 Å². The van der Waals surface area contributed by atoms with Crippen molar-refractivity contribution in [1.29, 1.82) is 0 Å². The maximum atomic E-state index is 12.8. The third-order valence-corrected chi connectivity index (χ3v) is 3.99. The molecule has 0 spiro atoms. The molecule has 0 radical (unpaired) electrons. The van der Waals surface area contributed by atoms with E-state index in [9.17, 15) is 22.8 Å². The molecule has 0 aliphatic heterocycles. The number of nitrogens with one attached hydrogen (secondary N) is 2. The molecule has 1 heterocycles. The largest absolute Gasteiger partial charge is 0.480 e. The molecule has 3 N–H and O–H groups in total. The number of anilines is 2. The van der Waals surface area contributed by atoms with Crippen molar-refractivity contribution >= 4 is 45.6 Å². The lowest BCUT2D eigenvalue weighted by molar-refractivity contribution is -0.138. The van der Waals surface area contributed by atoms with Crippen molar-refractivity contribution in [1.82, 2.24) is 10.3 Å². The molecule has 0 atom stereocenters. The number of carboxylic acids is 1. The molecule has 0 saturated heterocycles. The predicted octanol–water partition coefficient (Wildman–Crippen LogP) is 3.30. The van der Waals surface area contributed by atoms with E-state index in [1.165, 1.54) is 6.07 Å². The Bertz CT molecular complexity index is 795. The molecular weight excluding hydrogens is 383 g/mol. The lowest BCUT2D eigenvalue weighted by atomic mass is 10.2. The van der Waals surface area contributed by atoms with Crippen LogP contribution in [-0.4, -0.2) is 28.5 Å². The van der Waals surface area contributed by atoms with Crippen molar-refractivity contribution in [2.24, 2.45) is 0 Å². The topological polar surface area (TPSA) is 91.3 Å². The van der Waals surface area contributed by atoms with Crippen LogP contribution in [0.25, 0.3) is 0 Å². The van der Waals surface area contributed by atoms with Crippen LogP contribution in [0.4, 0.5) is 24.0 Å². The molecule has 11 heteroatoms. The zero-order valence-corrected chi connectivity index (χ0v) is 13.9. The molecule has 0 aliphatic carbocycles. The average molecular weight is 394 g/mol. The molecule has 1 aromatic heterocycles. The third kappa shape index (κ3) is 5.61. The molecule has 0 fully saturated rings. The Morgan fingerprint density at radius 1 is 1.32 bits per heavy atom. The van der Waals surface area contributed by atoms with Crippen molar-refractivity contribution in [3.63, 3.8) is 0 Å². The van der Waals surface area contributed by atoms with Gasteiger partial charge in [0.25, 0.3) is 0 Å². The molecule has 2 rings (SSSR count). The fraction of sp³-hybridized carbons (Fsp3) is 0.214. The van der Waals surface area contributed by atoms with Gasteiger partial charge >= 0.3 is 12.1 Å². The molecule has 2 aromatic rings. The van der Waals surface area contributed by atoms with Gasteiger partial charge in [0, 0.05) is 11.1 Å². The summed E-state index contributed by atoms with van der Waals surface area (Å²) >= 11 is 6.65. The quantitative estimate of drug-likeness (QED) is 0.700. The summed E-state index contributed by atoms with van der Waals surface area (Å²) in [4.78, 5) is 25.9. The zero-order valence-electron chi connectivity index (χ0n) is 12.4. The summed E-state index contributed by atoms with van der Waals surface area (Å²) in [6, 6.07) is 3.36. The van der Waals surface area contributed by atoms with E-state index in [-0.39, 0.29) is 17.2 Å². The maximum Gasteiger partial charge on any atom is 0.417 e. The number of aliphatic carboxylic acids is 1. The van der Waals surface area contributed by atoms with E-state index >= 15 is 0 Å². The highest BCUT2D eigenvalue weighted by atomic mass is 35.5. The van der Waals surface area contributed by atoms with Crippen LogP contribution in [0.5, 0.6) is 0 Å². The Balaban J connectivity index is 2.04. The average Bonchev–Trinajstić information content (AvgIpc) is 2.93. The first-order valence-corrected chi connectivity index (χ1v) is 7.97. The lowest BCUT2D eigenvalue weighted by Crippen LogP contribution is -2.30. The normalized spacial score (nSPS) is 11.2. The van der Waals surface area contributed by atoms with E-state index in [2.05, 4.69) is 15.6 Å². The minimum atomic E-state index is -4.58. The summed E-state index contributed by atoms with van der Waals surface area (Å²) in [5, 5.41) is 14.8. The van der Waals surface area contributed by atoms with E-state index in [4.69, 9.17) is 16.7 Å². The highest BCUT2D eigenvalue weighted by Gasteiger charge is 2.33. The van der Waals surface area contributed by atoms with Gasteiger partial charge in [-0.2, -0.15) is 13.2 Å². The van der Waals surface area contributed by atoms with Gasteiger partial charge in [-0.05, 0) is 18.2 Å². The van der Waals surface area contributed by atoms with Crippen LogP contribution in [0.15, 0.2) is 23.6 Å². The van der Waals surface area contributed by atoms with Crippen molar-refractivity contribution < 1.29 is 27.9 Å². The van der Waals surface area contributed by atoms with Crippen molar-refractivity contribution in [3.05, 3.63) is 39.9 Å². The van der Waals surface area contributed by atoms with Crippen molar-refractivity contribution in [2.45, 2.75) is 12.6 Å². The van der Waals surface area contributed by atoms with Crippen LogP contribution in [0.3, 0.4) is 0 Å². The second-order valence-electron chi connectivity index (χ2n) is 4.81. The van der Waals surface area contributed by atoms with Crippen molar-refractivity contribution in [3.8, 4) is 0 Å². The Labute approximate surface area is 148 Å². The van der Waals surface area contributed by atoms with E-state index < -0.39 is 35.2 Å². The van der Waals surface area contributed by atoms with Crippen LogP contribution in [0.1, 0.15) is 11.3 Å². The maximum absolute atomic E-state index is 12.8. The number of hydrogen-bond acceptors (Lipinski definition) is 5. The predicted molar refractivity (Wildman–Crippen MR) is 86.2 cm³/mol. The number of rotatable bonds is 6. The highest BCUT2D eigenvalue weighted by Crippen LogP contribution is 2.36. The molecule has 6 nitrogen and oxygen atoms in total. The summed E-state index contributed by atoms with van der Waals surface area (Å²) in [7, 11) is 0. The first-order chi connectivity index (χ1) is 11.6. The standard InChI is InChI=1S/C14H11ClF3N3O3S/c15-10-2-1-7(3-9(10)14(16,17)18)20-13-21-8(6-25-13)4-11(22)19-5-12(23)24/h1-3,6H,4-5H2,(H,19,22)(H,20,21)(H,23,24). The minimum Gasteiger partial charge on any atom is -0.480 e. The van der Waals surface area contributed by atoms with Crippen LogP contribution >= 0.6 is 22.9 Å². The summed E-state index contributed by atoms with van der Waals surface area (Å²) in [5.41, 5.74) is -0.461. The fourth-order valence-electron chi connectivity index (χ4n) is 1.79. The SMILES string of the molecule is O=C(O)CNC(=O)Cc1csc(Nc2ccc(Cl)c(C(F)(F)F)c2)n1. The van der Waals surface area contributed by atoms with E-state index in [1.54, 1.807) is 5.38 Å². The Kier molecular flexibility index (Phi) is 5.85. The first-order valence-electron chi connectivity index (χ1n) is 6.72. The molecule has 0 saturated carbocycles. The van der Waals surface area contributed by atoms with Crippen LogP contribution in [-0.2, 0) is 22.2 Å². The number of alkyl halides is 3. The van der Waals surface area contributed by atoms with Crippen LogP contribution in [0, 0.1) is 0 Å². The summed E-state index contributed by atoms with van der Waals surface area (Å²) in [6.45, 7) is -0.501. The van der Waals surface area contributed by atoms with Crippen LogP contribution < -0.4 is 10.6 Å². The number of nitrogens with zero attached hydrogens (tertiary/aromatic N) is 1. The van der Waals surface area contributed by atoms with Gasteiger partial charge in [-0.3, -0.25) is 9.59 Å². The number of aromatic nitrogens is 1. The molecular formula is C14H11ClF3N3O3S. The van der Waals surface area contributed by atoms with Crippen LogP contribution in [0.2, 0.25) is 5.02 Å². The monoisotopic (exact) mass is 393 g/mol. The van der Waals surface area contributed by atoms with Gasteiger partial charge in [0.1, 0.15) is 6.54 Å². The molecule has 1 amide bonds. The summed E-state index contributed by atoms with van der Waals surface area (Å²) < 4.78 is 38.5. The van der Waals surface area contributed by atoms with Gasteiger partial charge in [0.2, 0.25) is 5.91 Å². The second-order valence-corrected chi connectivity index (χ2v) is 6.07. The number of benzene rings is 1. The molecule has 134 valence electrons. The lowest BCUT2D eigenvalue weighted by Gasteiger charge is -2.11. The smallest absolute Gasteiger partial charge is 0.417 e. The number of carbonyl (C=O) groups is 2. The number of halogens is 4. The number of thiazole rings is 1. The Morgan fingerprint density at radius 2 is 2.04 bits per heavy atom. The molecule has 0 aliphatic rings. The van der Waals surface area contributed by atoms with Gasteiger partial charge in [-0.25, -0.2) is 4.98 Å². The van der Waals surface area contributed by atoms with E-state index in [0.29, 0.717) is 5.69 Å². The fourth-order valence-corrected chi connectivity index (χ4v) is 2.75. The van der Waals surface area contributed by atoms with Gasteiger partial charge < -0.3 is 15.7 Å². The number of hydrogen-bond donors (Lipinski definition) is 3. The Hall–Kier alpha value is -2.33. The third-order valence-electron chi connectivity index (χ3n) is 2.85. The molecule has 0 unspecified atom stereocenters.